The molecule has 0 fully saturated rings. The number of rotatable bonds is 6. The number of carbonyl (C=O) groups is 1. The van der Waals surface area contributed by atoms with Crippen molar-refractivity contribution in [2.24, 2.45) is 0 Å². The van der Waals surface area contributed by atoms with Crippen molar-refractivity contribution in [2.75, 3.05) is 19.0 Å². The Morgan fingerprint density at radius 1 is 1.44 bits per heavy atom. The second-order valence-electron chi connectivity index (χ2n) is 3.05. The molecule has 5 heteroatoms. The van der Waals surface area contributed by atoms with Crippen molar-refractivity contribution in [3.63, 3.8) is 0 Å². The van der Waals surface area contributed by atoms with E-state index in [-0.39, 0.29) is 5.56 Å². The van der Waals surface area contributed by atoms with Crippen LogP contribution in [0.3, 0.4) is 0 Å². The first-order valence-electron chi connectivity index (χ1n) is 4.95. The van der Waals surface area contributed by atoms with E-state index < -0.39 is 16.8 Å². The molecule has 1 aromatic carbocycles. The van der Waals surface area contributed by atoms with Gasteiger partial charge in [-0.2, -0.15) is 0 Å². The van der Waals surface area contributed by atoms with Crippen LogP contribution in [0.25, 0.3) is 0 Å². The van der Waals surface area contributed by atoms with Gasteiger partial charge in [0.25, 0.3) is 0 Å². The highest BCUT2D eigenvalue weighted by atomic mass is 32.2. The van der Waals surface area contributed by atoms with Gasteiger partial charge in [-0.05, 0) is 19.1 Å². The molecule has 1 atom stereocenters. The molecule has 0 aliphatic rings. The maximum atomic E-state index is 11.8. The third-order valence-corrected chi connectivity index (χ3v) is 3.36. The average molecular weight is 242 g/mol. The van der Waals surface area contributed by atoms with Gasteiger partial charge in [0.15, 0.2) is 0 Å². The summed E-state index contributed by atoms with van der Waals surface area (Å²) in [4.78, 5) is 11.2. The molecule has 0 saturated carbocycles. The lowest BCUT2D eigenvalue weighted by Gasteiger charge is -2.05. The smallest absolute Gasteiger partial charge is 0.336 e. The molecule has 0 aromatic heterocycles. The molecule has 0 spiro atoms. The second kappa shape index (κ2) is 6.40. The molecule has 88 valence electrons. The molecule has 1 N–H and O–H groups in total. The highest BCUT2D eigenvalue weighted by Gasteiger charge is 2.13. The monoisotopic (exact) mass is 242 g/mol. The van der Waals surface area contributed by atoms with Crippen molar-refractivity contribution in [1.29, 1.82) is 0 Å². The van der Waals surface area contributed by atoms with Gasteiger partial charge in [0.05, 0.1) is 33.6 Å². The lowest BCUT2D eigenvalue weighted by atomic mass is 10.2. The number of benzene rings is 1. The van der Waals surface area contributed by atoms with Crippen molar-refractivity contribution < 1.29 is 18.8 Å². The standard InChI is InChI=1S/C11H14O4S/c1-2-15-7-8-16(14)10-6-4-3-5-9(10)11(12)13/h3-6H,2,7-8H2,1H3,(H,12,13). The minimum Gasteiger partial charge on any atom is -0.478 e. The molecule has 1 aromatic rings. The summed E-state index contributed by atoms with van der Waals surface area (Å²) in [5, 5.41) is 8.92. The van der Waals surface area contributed by atoms with Gasteiger partial charge in [-0.25, -0.2) is 4.79 Å². The topological polar surface area (TPSA) is 63.6 Å². The summed E-state index contributed by atoms with van der Waals surface area (Å²) in [5.41, 5.74) is 0.0948. The van der Waals surface area contributed by atoms with Gasteiger partial charge in [-0.3, -0.25) is 4.21 Å². The van der Waals surface area contributed by atoms with Crippen LogP contribution in [0.2, 0.25) is 0 Å². The van der Waals surface area contributed by atoms with E-state index in [0.29, 0.717) is 23.9 Å². The van der Waals surface area contributed by atoms with E-state index in [4.69, 9.17) is 9.84 Å². The molecule has 0 aliphatic carbocycles. The Kier molecular flexibility index (Phi) is 5.14. The highest BCUT2D eigenvalue weighted by molar-refractivity contribution is 7.85. The minimum absolute atomic E-state index is 0.0948. The lowest BCUT2D eigenvalue weighted by molar-refractivity contribution is 0.0693. The zero-order chi connectivity index (χ0) is 12.0. The quantitative estimate of drug-likeness (QED) is 0.768. The molecule has 1 rings (SSSR count). The van der Waals surface area contributed by atoms with Crippen LogP contribution < -0.4 is 0 Å². The van der Waals surface area contributed by atoms with Crippen LogP contribution >= 0.6 is 0 Å². The molecule has 16 heavy (non-hydrogen) atoms. The first-order chi connectivity index (χ1) is 7.66. The third-order valence-electron chi connectivity index (χ3n) is 1.98. The molecule has 1 unspecified atom stereocenters. The van der Waals surface area contributed by atoms with Gasteiger partial charge in [-0.1, -0.05) is 12.1 Å². The fraction of sp³-hybridized carbons (Fsp3) is 0.364. The Morgan fingerprint density at radius 3 is 2.75 bits per heavy atom. The van der Waals surface area contributed by atoms with Gasteiger partial charge in [0.1, 0.15) is 0 Å². The largest absolute Gasteiger partial charge is 0.478 e. The summed E-state index contributed by atoms with van der Waals surface area (Å²) >= 11 is 0. The van der Waals surface area contributed by atoms with E-state index >= 15 is 0 Å². The van der Waals surface area contributed by atoms with Gasteiger partial charge < -0.3 is 9.84 Å². The Balaban J connectivity index is 2.78. The van der Waals surface area contributed by atoms with Crippen LogP contribution in [0, 0.1) is 0 Å². The van der Waals surface area contributed by atoms with Crippen molar-refractivity contribution in [3.05, 3.63) is 29.8 Å². The van der Waals surface area contributed by atoms with Crippen LogP contribution in [0.15, 0.2) is 29.2 Å². The molecule has 0 amide bonds. The third kappa shape index (κ3) is 3.43. The number of hydrogen-bond acceptors (Lipinski definition) is 3. The summed E-state index contributed by atoms with van der Waals surface area (Å²) < 4.78 is 16.9. The minimum atomic E-state index is -1.32. The maximum Gasteiger partial charge on any atom is 0.336 e. The van der Waals surface area contributed by atoms with Crippen molar-refractivity contribution in [2.45, 2.75) is 11.8 Å². The lowest BCUT2D eigenvalue weighted by Crippen LogP contribution is -2.10. The Hall–Kier alpha value is -1.20. The summed E-state index contributed by atoms with van der Waals surface area (Å²) in [6, 6.07) is 6.33. The van der Waals surface area contributed by atoms with Crippen molar-refractivity contribution in [3.8, 4) is 0 Å². The number of aromatic carboxylic acids is 1. The zero-order valence-electron chi connectivity index (χ0n) is 9.01. The van der Waals surface area contributed by atoms with E-state index in [1.807, 2.05) is 6.92 Å². The molecular weight excluding hydrogens is 228 g/mol. The summed E-state index contributed by atoms with van der Waals surface area (Å²) in [6.45, 7) is 2.79. The molecule has 0 radical (unpaired) electrons. The fourth-order valence-corrected chi connectivity index (χ4v) is 2.35. The SMILES string of the molecule is CCOCCS(=O)c1ccccc1C(=O)O. The van der Waals surface area contributed by atoms with Gasteiger partial charge in [0, 0.05) is 6.61 Å². The van der Waals surface area contributed by atoms with Crippen LogP contribution in [-0.4, -0.2) is 34.3 Å². The van der Waals surface area contributed by atoms with Crippen LogP contribution in [-0.2, 0) is 15.5 Å². The first-order valence-corrected chi connectivity index (χ1v) is 6.27. The van der Waals surface area contributed by atoms with Gasteiger partial charge in [0.2, 0.25) is 0 Å². The first kappa shape index (κ1) is 12.9. The summed E-state index contributed by atoms with van der Waals surface area (Å²) in [6.07, 6.45) is 0. The van der Waals surface area contributed by atoms with Crippen LogP contribution in [0.4, 0.5) is 0 Å². The molecule has 4 nitrogen and oxygen atoms in total. The summed E-state index contributed by atoms with van der Waals surface area (Å²) in [7, 11) is -1.32. The van der Waals surface area contributed by atoms with Gasteiger partial charge in [-0.15, -0.1) is 0 Å². The number of carboxylic acids is 1. The van der Waals surface area contributed by atoms with Crippen molar-refractivity contribution in [1.82, 2.24) is 0 Å². The van der Waals surface area contributed by atoms with E-state index in [1.165, 1.54) is 6.07 Å². The second-order valence-corrected chi connectivity index (χ2v) is 4.59. The Labute approximate surface area is 96.7 Å². The predicted octanol–water partition coefficient (Wildman–Crippen LogP) is 1.53. The predicted molar refractivity (Wildman–Crippen MR) is 61.2 cm³/mol. The molecule has 0 bridgehead atoms. The van der Waals surface area contributed by atoms with Crippen LogP contribution in [0.5, 0.6) is 0 Å². The molecular formula is C11H14O4S. The van der Waals surface area contributed by atoms with Crippen LogP contribution in [0.1, 0.15) is 17.3 Å². The number of ether oxygens (including phenoxy) is 1. The van der Waals surface area contributed by atoms with E-state index in [9.17, 15) is 9.00 Å². The van der Waals surface area contributed by atoms with Crippen molar-refractivity contribution >= 4 is 16.8 Å². The summed E-state index contributed by atoms with van der Waals surface area (Å²) in [5.74, 6) is -0.738. The zero-order valence-corrected chi connectivity index (χ0v) is 9.83. The fourth-order valence-electron chi connectivity index (χ4n) is 1.23. The normalized spacial score (nSPS) is 12.3. The highest BCUT2D eigenvalue weighted by Crippen LogP contribution is 2.13. The average Bonchev–Trinajstić information content (AvgIpc) is 2.29. The maximum absolute atomic E-state index is 11.8. The number of hydrogen-bond donors (Lipinski definition) is 1. The van der Waals surface area contributed by atoms with E-state index in [1.54, 1.807) is 18.2 Å². The number of carboxylic acid groups (broad SMARTS) is 1. The Morgan fingerprint density at radius 2 is 2.12 bits per heavy atom. The van der Waals surface area contributed by atoms with E-state index in [0.717, 1.165) is 0 Å². The molecule has 0 aliphatic heterocycles. The molecule has 0 heterocycles. The molecule has 0 saturated heterocycles. The van der Waals surface area contributed by atoms with Gasteiger partial charge >= 0.3 is 5.97 Å². The van der Waals surface area contributed by atoms with E-state index in [2.05, 4.69) is 0 Å². The Bertz CT molecular complexity index is 389.